The quantitative estimate of drug-likeness (QED) is 0.505. The molecule has 138 valence electrons. The van der Waals surface area contributed by atoms with Crippen LogP contribution in [0.5, 0.6) is 17.4 Å². The fourth-order valence-electron chi connectivity index (χ4n) is 2.46. The highest BCUT2D eigenvalue weighted by Gasteiger charge is 2.26. The Labute approximate surface area is 156 Å². The van der Waals surface area contributed by atoms with Crippen molar-refractivity contribution in [3.8, 4) is 17.4 Å². The van der Waals surface area contributed by atoms with E-state index in [1.54, 1.807) is 18.2 Å². The molecule has 0 aliphatic carbocycles. The fraction of sp³-hybridized carbons (Fsp3) is 0.158. The first-order valence-corrected chi connectivity index (χ1v) is 8.13. The van der Waals surface area contributed by atoms with E-state index in [0.29, 0.717) is 17.2 Å². The molecular weight excluding hydrogens is 348 g/mol. The monoisotopic (exact) mass is 366 g/mol. The van der Waals surface area contributed by atoms with Crippen LogP contribution >= 0.6 is 0 Å². The van der Waals surface area contributed by atoms with Crippen LogP contribution in [0, 0.1) is 24.0 Å². The maximum absolute atomic E-state index is 11.7. The van der Waals surface area contributed by atoms with Crippen molar-refractivity contribution in [1.82, 2.24) is 9.97 Å². The zero-order chi connectivity index (χ0) is 19.4. The molecule has 8 heteroatoms. The van der Waals surface area contributed by atoms with Crippen LogP contribution < -0.4 is 14.8 Å². The van der Waals surface area contributed by atoms with Gasteiger partial charge < -0.3 is 14.8 Å². The molecule has 0 aliphatic heterocycles. The number of nitrogens with zero attached hydrogens (tertiary/aromatic N) is 3. The van der Waals surface area contributed by atoms with E-state index in [9.17, 15) is 10.1 Å². The number of rotatable bonds is 6. The number of benzene rings is 2. The van der Waals surface area contributed by atoms with Gasteiger partial charge in [0.1, 0.15) is 17.8 Å². The maximum atomic E-state index is 11.7. The Hall–Kier alpha value is -3.68. The lowest BCUT2D eigenvalue weighted by Gasteiger charge is -2.12. The van der Waals surface area contributed by atoms with Gasteiger partial charge in [-0.05, 0) is 43.7 Å². The summed E-state index contributed by atoms with van der Waals surface area (Å²) in [6.45, 7) is 3.85. The largest absolute Gasteiger partial charge is 0.495 e. The minimum Gasteiger partial charge on any atom is -0.495 e. The molecule has 0 unspecified atom stereocenters. The molecule has 0 saturated heterocycles. The predicted octanol–water partition coefficient (Wildman–Crippen LogP) is 4.55. The van der Waals surface area contributed by atoms with Crippen LogP contribution in [0.3, 0.4) is 0 Å². The van der Waals surface area contributed by atoms with Crippen molar-refractivity contribution in [1.29, 1.82) is 0 Å². The minimum absolute atomic E-state index is 0.0148. The van der Waals surface area contributed by atoms with E-state index in [4.69, 9.17) is 9.47 Å². The lowest BCUT2D eigenvalue weighted by atomic mass is 10.2. The zero-order valence-corrected chi connectivity index (χ0v) is 15.1. The van der Waals surface area contributed by atoms with Gasteiger partial charge in [0.15, 0.2) is 0 Å². The lowest BCUT2D eigenvalue weighted by Crippen LogP contribution is -2.04. The normalized spacial score (nSPS) is 10.3. The number of hydrogen-bond acceptors (Lipinski definition) is 7. The van der Waals surface area contributed by atoms with E-state index >= 15 is 0 Å². The number of nitrogens with one attached hydrogen (secondary N) is 1. The van der Waals surface area contributed by atoms with Crippen LogP contribution in [0.25, 0.3) is 0 Å². The number of methoxy groups -OCH3 is 1. The highest BCUT2D eigenvalue weighted by Crippen LogP contribution is 2.37. The molecule has 0 amide bonds. The van der Waals surface area contributed by atoms with Crippen molar-refractivity contribution in [2.24, 2.45) is 0 Å². The van der Waals surface area contributed by atoms with Crippen molar-refractivity contribution in [3.05, 3.63) is 70.0 Å². The van der Waals surface area contributed by atoms with Crippen LogP contribution in [0.2, 0.25) is 0 Å². The van der Waals surface area contributed by atoms with E-state index in [1.807, 2.05) is 38.1 Å². The van der Waals surface area contributed by atoms with E-state index in [0.717, 1.165) is 11.1 Å². The molecule has 0 saturated carbocycles. The van der Waals surface area contributed by atoms with Gasteiger partial charge in [0, 0.05) is 0 Å². The van der Waals surface area contributed by atoms with Crippen molar-refractivity contribution in [3.63, 3.8) is 0 Å². The van der Waals surface area contributed by atoms with Crippen molar-refractivity contribution >= 4 is 17.2 Å². The first kappa shape index (κ1) is 18.1. The van der Waals surface area contributed by atoms with Gasteiger partial charge in [-0.15, -0.1) is 0 Å². The topological polar surface area (TPSA) is 99.4 Å². The Morgan fingerprint density at radius 1 is 1.04 bits per heavy atom. The average Bonchev–Trinajstić information content (AvgIpc) is 2.64. The third-order valence-electron chi connectivity index (χ3n) is 3.81. The summed E-state index contributed by atoms with van der Waals surface area (Å²) in [5, 5.41) is 14.6. The standard InChI is InChI=1S/C19H18N4O4/c1-12-4-7-14(8-5-12)27-19-17(23(24)25)18(20-11-21-19)22-15-10-13(2)6-9-16(15)26-3/h4-11H,1-3H3,(H,20,21,22). The molecule has 3 aromatic rings. The summed E-state index contributed by atoms with van der Waals surface area (Å²) in [6, 6.07) is 12.6. The van der Waals surface area contributed by atoms with Gasteiger partial charge in [0.25, 0.3) is 0 Å². The summed E-state index contributed by atoms with van der Waals surface area (Å²) in [4.78, 5) is 19.0. The van der Waals surface area contributed by atoms with Crippen LogP contribution in [-0.4, -0.2) is 22.0 Å². The Balaban J connectivity index is 2.00. The molecule has 1 heterocycles. The Morgan fingerprint density at radius 2 is 1.74 bits per heavy atom. The molecule has 2 aromatic carbocycles. The highest BCUT2D eigenvalue weighted by molar-refractivity contribution is 5.72. The molecular formula is C19H18N4O4. The first-order valence-electron chi connectivity index (χ1n) is 8.13. The number of ether oxygens (including phenoxy) is 2. The van der Waals surface area contributed by atoms with Gasteiger partial charge >= 0.3 is 11.6 Å². The minimum atomic E-state index is -0.575. The highest BCUT2D eigenvalue weighted by atomic mass is 16.6. The van der Waals surface area contributed by atoms with Gasteiger partial charge in [0.05, 0.1) is 17.7 Å². The number of aromatic nitrogens is 2. The molecule has 0 spiro atoms. The molecule has 1 N–H and O–H groups in total. The second-order valence-electron chi connectivity index (χ2n) is 5.88. The summed E-state index contributed by atoms with van der Waals surface area (Å²) >= 11 is 0. The van der Waals surface area contributed by atoms with Gasteiger partial charge in [-0.3, -0.25) is 10.1 Å². The molecule has 1 aromatic heterocycles. The first-order chi connectivity index (χ1) is 13.0. The Kier molecular flexibility index (Phi) is 5.16. The Bertz CT molecular complexity index is 974. The second kappa shape index (κ2) is 7.69. The van der Waals surface area contributed by atoms with E-state index < -0.39 is 4.92 Å². The third-order valence-corrected chi connectivity index (χ3v) is 3.81. The smallest absolute Gasteiger partial charge is 0.373 e. The van der Waals surface area contributed by atoms with Crippen LogP contribution in [0.1, 0.15) is 11.1 Å². The van der Waals surface area contributed by atoms with Crippen LogP contribution in [0.4, 0.5) is 17.2 Å². The summed E-state index contributed by atoms with van der Waals surface area (Å²) < 4.78 is 10.9. The van der Waals surface area contributed by atoms with Gasteiger partial charge in [-0.2, -0.15) is 4.98 Å². The Morgan fingerprint density at radius 3 is 2.41 bits per heavy atom. The molecule has 8 nitrogen and oxygen atoms in total. The molecule has 3 rings (SSSR count). The van der Waals surface area contributed by atoms with Gasteiger partial charge in [-0.1, -0.05) is 23.8 Å². The number of hydrogen-bond donors (Lipinski definition) is 1. The average molecular weight is 366 g/mol. The molecule has 0 radical (unpaired) electrons. The maximum Gasteiger partial charge on any atom is 0.373 e. The number of anilines is 2. The number of nitro groups is 1. The van der Waals surface area contributed by atoms with E-state index in [-0.39, 0.29) is 17.4 Å². The van der Waals surface area contributed by atoms with Crippen molar-refractivity contribution < 1.29 is 14.4 Å². The summed E-state index contributed by atoms with van der Waals surface area (Å²) in [7, 11) is 1.52. The van der Waals surface area contributed by atoms with Crippen LogP contribution in [-0.2, 0) is 0 Å². The van der Waals surface area contributed by atoms with E-state index in [2.05, 4.69) is 15.3 Å². The molecule has 0 aliphatic rings. The van der Waals surface area contributed by atoms with Crippen molar-refractivity contribution in [2.45, 2.75) is 13.8 Å². The molecule has 0 fully saturated rings. The lowest BCUT2D eigenvalue weighted by molar-refractivity contribution is -0.385. The van der Waals surface area contributed by atoms with E-state index in [1.165, 1.54) is 13.4 Å². The molecule has 0 bridgehead atoms. The third kappa shape index (κ3) is 4.12. The zero-order valence-electron chi connectivity index (χ0n) is 15.1. The summed E-state index contributed by atoms with van der Waals surface area (Å²) in [5.41, 5.74) is 2.21. The number of aryl methyl sites for hydroxylation is 2. The van der Waals surface area contributed by atoms with Gasteiger partial charge in [0.2, 0.25) is 5.82 Å². The van der Waals surface area contributed by atoms with Gasteiger partial charge in [-0.25, -0.2) is 4.98 Å². The molecule has 27 heavy (non-hydrogen) atoms. The van der Waals surface area contributed by atoms with Crippen LogP contribution in [0.15, 0.2) is 48.8 Å². The SMILES string of the molecule is COc1ccc(C)cc1Nc1ncnc(Oc2ccc(C)cc2)c1[N+](=O)[O-]. The predicted molar refractivity (Wildman–Crippen MR) is 101 cm³/mol. The summed E-state index contributed by atoms with van der Waals surface area (Å²) in [5.74, 6) is 0.852. The summed E-state index contributed by atoms with van der Waals surface area (Å²) in [6.07, 6.45) is 1.21. The second-order valence-corrected chi connectivity index (χ2v) is 5.88. The van der Waals surface area contributed by atoms with Crippen molar-refractivity contribution in [2.75, 3.05) is 12.4 Å². The molecule has 0 atom stereocenters. The fourth-order valence-corrected chi connectivity index (χ4v) is 2.46.